The first-order valence-electron chi connectivity index (χ1n) is 29.8. The summed E-state index contributed by atoms with van der Waals surface area (Å²) in [4.78, 5) is 0. The molecule has 20 nitrogen and oxygen atoms in total. The van der Waals surface area contributed by atoms with Gasteiger partial charge in [0.1, 0.15) is 49.4 Å². The van der Waals surface area contributed by atoms with Crippen molar-refractivity contribution in [1.29, 1.82) is 0 Å². The molecule has 4 aromatic carbocycles. The molecule has 0 unspecified atom stereocenters. The number of aromatic nitrogens is 12. The number of nitrogens with zero attached hydrogens (tertiary/aromatic N) is 12. The summed E-state index contributed by atoms with van der Waals surface area (Å²) >= 11 is 0. The fourth-order valence-corrected chi connectivity index (χ4v) is 10.4. The van der Waals surface area contributed by atoms with Gasteiger partial charge in [0.05, 0.1) is 73.7 Å². The summed E-state index contributed by atoms with van der Waals surface area (Å²) in [5, 5.41) is 34.4. The molecule has 0 atom stereocenters. The van der Waals surface area contributed by atoms with Crippen molar-refractivity contribution in [2.75, 3.05) is 26.2 Å². The minimum Gasteiger partial charge on any atom is -0.487 e. The zero-order valence-electron chi connectivity index (χ0n) is 52.6. The van der Waals surface area contributed by atoms with Crippen molar-refractivity contribution in [2.24, 2.45) is 22.9 Å². The Morgan fingerprint density at radius 1 is 0.353 bits per heavy atom. The van der Waals surface area contributed by atoms with Crippen molar-refractivity contribution >= 4 is 0 Å². The lowest BCUT2D eigenvalue weighted by Gasteiger charge is -2.28. The third-order valence-corrected chi connectivity index (χ3v) is 15.4. The Hall–Kier alpha value is -7.52. The molecule has 0 fully saturated rings. The van der Waals surface area contributed by atoms with Gasteiger partial charge in [-0.2, -0.15) is 0 Å². The number of hydrogen-bond donors (Lipinski definition) is 4. The minimum absolute atomic E-state index is 0.155. The predicted octanol–water partition coefficient (Wildman–Crippen LogP) is 8.73. The first-order chi connectivity index (χ1) is 40.4. The van der Waals surface area contributed by atoms with E-state index >= 15 is 0 Å². The van der Waals surface area contributed by atoms with Crippen LogP contribution in [0.4, 0.5) is 0 Å². The number of rotatable bonds is 27. The summed E-state index contributed by atoms with van der Waals surface area (Å²) in [6, 6.07) is 20.4. The van der Waals surface area contributed by atoms with Crippen LogP contribution < -0.4 is 41.9 Å². The van der Waals surface area contributed by atoms with E-state index in [0.717, 1.165) is 102 Å². The normalized spacial score (nSPS) is 12.3. The molecular formula is C65H92N16O4. The second-order valence-electron chi connectivity index (χ2n) is 26.2. The molecule has 4 heterocycles. The Balaban J connectivity index is 1.35. The largest absolute Gasteiger partial charge is 0.487 e. The van der Waals surface area contributed by atoms with Crippen molar-refractivity contribution in [3.8, 4) is 23.0 Å². The monoisotopic (exact) mass is 1160 g/mol. The van der Waals surface area contributed by atoms with Gasteiger partial charge in [-0.3, -0.25) is 0 Å². The van der Waals surface area contributed by atoms with Gasteiger partial charge in [-0.15, -0.1) is 20.4 Å². The van der Waals surface area contributed by atoms with Crippen LogP contribution in [0.25, 0.3) is 0 Å². The molecule has 456 valence electrons. The van der Waals surface area contributed by atoms with E-state index in [1.54, 1.807) is 29.5 Å². The molecule has 8 rings (SSSR count). The third-order valence-electron chi connectivity index (χ3n) is 15.4. The number of hydrogen-bond acceptors (Lipinski definition) is 16. The topological polar surface area (TPSA) is 264 Å². The van der Waals surface area contributed by atoms with E-state index in [-0.39, 0.29) is 48.1 Å². The van der Waals surface area contributed by atoms with Crippen LogP contribution in [0.3, 0.4) is 0 Å². The third kappa shape index (κ3) is 15.9. The standard InChI is InChI=1S/C65H92N16O4/c1-14-43-28-51(63(5,6)7)31-46(59(43)83-40-55-36-71-75-79(55)22-18-67)26-47-32-53(65(11,12)13)34-49(61(47)85-42-57-38-73-77-81(57)24-20-69)27-48-33-52(64(8,9)10)30-45(60(48)84-41-56-37-72-76-80(56)23-19-68)25-44-29-50(62(2,3)4)15-16-58(44)82-39-54-35-70-74-78(54)21-17-66/h15-16,28-38H,14,17-27,39-42,66-69H2,1-13H3. The average Bonchev–Trinajstić information content (AvgIpc) is 2.38. The minimum atomic E-state index is -0.278. The maximum absolute atomic E-state index is 7.31. The molecule has 0 radical (unpaired) electrons. The van der Waals surface area contributed by atoms with Gasteiger partial charge in [-0.05, 0) is 95.3 Å². The lowest BCUT2D eigenvalue weighted by atomic mass is 9.80. The summed E-state index contributed by atoms with van der Waals surface area (Å²) in [7, 11) is 0. The van der Waals surface area contributed by atoms with Gasteiger partial charge in [0.15, 0.2) is 0 Å². The predicted molar refractivity (Wildman–Crippen MR) is 332 cm³/mol. The number of ether oxygens (including phenoxy) is 4. The molecule has 0 aliphatic carbocycles. The average molecular weight is 1160 g/mol. The lowest BCUT2D eigenvalue weighted by molar-refractivity contribution is 0.281. The van der Waals surface area contributed by atoms with Gasteiger partial charge >= 0.3 is 0 Å². The maximum atomic E-state index is 7.31. The second kappa shape index (κ2) is 27.2. The van der Waals surface area contributed by atoms with Crippen LogP contribution in [0.5, 0.6) is 23.0 Å². The zero-order valence-corrected chi connectivity index (χ0v) is 52.6. The molecule has 4 aromatic heterocycles. The van der Waals surface area contributed by atoms with Gasteiger partial charge in [-0.1, -0.05) is 159 Å². The molecular weight excluding hydrogens is 1070 g/mol. The van der Waals surface area contributed by atoms with E-state index in [9.17, 15) is 0 Å². The molecule has 0 saturated carbocycles. The number of aryl methyl sites for hydroxylation is 1. The fourth-order valence-electron chi connectivity index (χ4n) is 10.4. The van der Waals surface area contributed by atoms with E-state index in [1.165, 1.54) is 11.1 Å². The summed E-state index contributed by atoms with van der Waals surface area (Å²) in [5.41, 5.74) is 38.4. The number of nitrogens with two attached hydrogens (primary N) is 4. The van der Waals surface area contributed by atoms with Crippen molar-refractivity contribution in [3.63, 3.8) is 0 Å². The summed E-state index contributed by atoms with van der Waals surface area (Å²) < 4.78 is 35.6. The first kappa shape index (κ1) is 63.5. The van der Waals surface area contributed by atoms with E-state index in [4.69, 9.17) is 41.9 Å². The smallest absolute Gasteiger partial charge is 0.132 e. The van der Waals surface area contributed by atoms with E-state index < -0.39 is 0 Å². The Labute approximate surface area is 502 Å². The fraction of sp³-hybridized carbons (Fsp3) is 0.508. The maximum Gasteiger partial charge on any atom is 0.132 e. The van der Waals surface area contributed by atoms with Crippen LogP contribution in [0.2, 0.25) is 0 Å². The quantitative estimate of drug-likeness (QED) is 0.0375. The van der Waals surface area contributed by atoms with Crippen molar-refractivity contribution < 1.29 is 18.9 Å². The second-order valence-corrected chi connectivity index (χ2v) is 26.2. The van der Waals surface area contributed by atoms with Crippen LogP contribution in [0.1, 0.15) is 174 Å². The molecule has 0 saturated heterocycles. The molecule has 0 amide bonds. The van der Waals surface area contributed by atoms with E-state index in [0.29, 0.717) is 71.6 Å². The molecule has 0 spiro atoms. The Morgan fingerprint density at radius 2 is 0.624 bits per heavy atom. The summed E-state index contributed by atoms with van der Waals surface area (Å²) in [5.74, 6) is 3.07. The van der Waals surface area contributed by atoms with Crippen molar-refractivity contribution in [3.05, 3.63) is 163 Å². The van der Waals surface area contributed by atoms with Crippen LogP contribution >= 0.6 is 0 Å². The summed E-state index contributed by atoms with van der Waals surface area (Å²) in [6.07, 6.45) is 9.15. The van der Waals surface area contributed by atoms with Crippen LogP contribution in [-0.2, 0) is 99.9 Å². The van der Waals surface area contributed by atoms with Crippen LogP contribution in [0, 0.1) is 0 Å². The van der Waals surface area contributed by atoms with Crippen molar-refractivity contribution in [2.45, 2.75) is 190 Å². The highest BCUT2D eigenvalue weighted by molar-refractivity contribution is 5.57. The molecule has 0 bridgehead atoms. The van der Waals surface area contributed by atoms with E-state index in [1.807, 2.05) is 14.0 Å². The Bertz CT molecular complexity index is 3490. The molecule has 20 heteroatoms. The Kier molecular flexibility index (Phi) is 20.3. The molecule has 8 aromatic rings. The van der Waals surface area contributed by atoms with Gasteiger partial charge in [0, 0.05) is 45.4 Å². The van der Waals surface area contributed by atoms with Crippen LogP contribution in [0.15, 0.2) is 79.4 Å². The molecule has 85 heavy (non-hydrogen) atoms. The molecule has 8 N–H and O–H groups in total. The lowest BCUT2D eigenvalue weighted by Crippen LogP contribution is -2.18. The summed E-state index contributed by atoms with van der Waals surface area (Å²) in [6.45, 7) is 33.8. The number of benzene rings is 4. The highest BCUT2D eigenvalue weighted by Gasteiger charge is 2.29. The highest BCUT2D eigenvalue weighted by Crippen LogP contribution is 2.43. The SMILES string of the molecule is CCc1cc(C(C)(C)C)cc(Cc2cc(C(C)(C)C)cc(Cc3cc(C(C)(C)C)cc(Cc4cc(C(C)(C)C)ccc4OCc4cnnn4CCN)c3OCc3cnnn3CCN)c2OCc2cnnn2CCN)c1OCc1cnnn1CCN. The Morgan fingerprint density at radius 3 is 0.918 bits per heavy atom. The zero-order chi connectivity index (χ0) is 61.3. The highest BCUT2D eigenvalue weighted by atomic mass is 16.5. The molecule has 0 aliphatic heterocycles. The van der Waals surface area contributed by atoms with Crippen molar-refractivity contribution in [1.82, 2.24) is 60.0 Å². The van der Waals surface area contributed by atoms with Gasteiger partial charge in [-0.25, -0.2) is 18.7 Å². The van der Waals surface area contributed by atoms with E-state index in [2.05, 4.69) is 186 Å². The molecule has 0 aliphatic rings. The van der Waals surface area contributed by atoms with Gasteiger partial charge < -0.3 is 41.9 Å². The first-order valence-corrected chi connectivity index (χ1v) is 29.8. The van der Waals surface area contributed by atoms with Gasteiger partial charge in [0.25, 0.3) is 0 Å². The van der Waals surface area contributed by atoms with Crippen LogP contribution in [-0.4, -0.2) is 86.2 Å². The van der Waals surface area contributed by atoms with Gasteiger partial charge in [0.2, 0.25) is 0 Å².